The first-order chi connectivity index (χ1) is 14.0. The van der Waals surface area contributed by atoms with E-state index < -0.39 is 11.1 Å². The van der Waals surface area contributed by atoms with Crippen molar-refractivity contribution >= 4 is 11.6 Å². The van der Waals surface area contributed by atoms with Crippen LogP contribution in [0.25, 0.3) is 0 Å². The predicted octanol–water partition coefficient (Wildman–Crippen LogP) is 2.27. The van der Waals surface area contributed by atoms with Crippen molar-refractivity contribution < 1.29 is 9.53 Å². The molecule has 0 atom stereocenters. The molecule has 3 aromatic rings. The number of aryl methyl sites for hydroxylation is 1. The maximum atomic E-state index is 12.4. The van der Waals surface area contributed by atoms with Gasteiger partial charge in [-0.1, -0.05) is 31.2 Å². The number of rotatable bonds is 7. The van der Waals surface area contributed by atoms with Gasteiger partial charge in [-0.25, -0.2) is 0 Å². The lowest BCUT2D eigenvalue weighted by atomic mass is 10.1. The number of anilines is 1. The van der Waals surface area contributed by atoms with Crippen molar-refractivity contribution in [1.82, 2.24) is 9.13 Å². The summed E-state index contributed by atoms with van der Waals surface area (Å²) in [6, 6.07) is 14.7. The topological polar surface area (TPSA) is 82.3 Å². The number of amides is 1. The normalized spacial score (nSPS) is 10.6. The molecule has 0 aliphatic heterocycles. The van der Waals surface area contributed by atoms with Crippen LogP contribution in [0.4, 0.5) is 5.69 Å². The van der Waals surface area contributed by atoms with Crippen molar-refractivity contribution in [2.45, 2.75) is 26.4 Å². The quantitative estimate of drug-likeness (QED) is 0.625. The number of hydrogen-bond donors (Lipinski definition) is 1. The highest BCUT2D eigenvalue weighted by Crippen LogP contribution is 2.12. The molecule has 0 spiro atoms. The second-order valence-electron chi connectivity index (χ2n) is 6.61. The molecule has 1 N–H and O–H groups in total. The van der Waals surface area contributed by atoms with Gasteiger partial charge in [-0.3, -0.25) is 19.0 Å². The smallest absolute Gasteiger partial charge is 0.316 e. The van der Waals surface area contributed by atoms with Gasteiger partial charge in [0, 0.05) is 18.1 Å². The maximum Gasteiger partial charge on any atom is 0.316 e. The van der Waals surface area contributed by atoms with E-state index in [0.29, 0.717) is 11.4 Å². The van der Waals surface area contributed by atoms with E-state index in [1.807, 2.05) is 36.4 Å². The Labute approximate surface area is 168 Å². The summed E-state index contributed by atoms with van der Waals surface area (Å²) < 4.78 is 7.54. The van der Waals surface area contributed by atoms with Gasteiger partial charge in [0.2, 0.25) is 5.91 Å². The third kappa shape index (κ3) is 5.01. The molecule has 1 amide bonds. The van der Waals surface area contributed by atoms with Gasteiger partial charge in [-0.15, -0.1) is 0 Å². The van der Waals surface area contributed by atoms with Crippen LogP contribution in [0.1, 0.15) is 18.1 Å². The number of nitrogens with one attached hydrogen (secondary N) is 1. The summed E-state index contributed by atoms with van der Waals surface area (Å²) in [6.45, 7) is 2.08. The van der Waals surface area contributed by atoms with Crippen molar-refractivity contribution in [1.29, 1.82) is 0 Å². The van der Waals surface area contributed by atoms with Gasteiger partial charge in [0.1, 0.15) is 12.3 Å². The van der Waals surface area contributed by atoms with Crippen molar-refractivity contribution in [3.63, 3.8) is 0 Å². The first-order valence-electron chi connectivity index (χ1n) is 9.31. The molecule has 0 bridgehead atoms. The molecule has 0 aliphatic carbocycles. The van der Waals surface area contributed by atoms with Gasteiger partial charge < -0.3 is 14.6 Å². The fraction of sp³-hybridized carbons (Fsp3) is 0.227. The van der Waals surface area contributed by atoms with Crippen LogP contribution in [-0.2, 0) is 24.3 Å². The molecule has 29 heavy (non-hydrogen) atoms. The molecule has 7 nitrogen and oxygen atoms in total. The van der Waals surface area contributed by atoms with Crippen LogP contribution in [0.2, 0.25) is 0 Å². The van der Waals surface area contributed by atoms with Gasteiger partial charge in [0.25, 0.3) is 0 Å². The van der Waals surface area contributed by atoms with Crippen LogP contribution < -0.4 is 21.2 Å². The molecule has 0 fully saturated rings. The highest BCUT2D eigenvalue weighted by atomic mass is 16.5. The Bertz CT molecular complexity index is 1100. The Kier molecular flexibility index (Phi) is 6.29. The Morgan fingerprint density at radius 3 is 2.10 bits per heavy atom. The van der Waals surface area contributed by atoms with E-state index in [0.717, 1.165) is 16.6 Å². The summed E-state index contributed by atoms with van der Waals surface area (Å²) in [5.41, 5.74) is 1.26. The second kappa shape index (κ2) is 9.05. The molecular weight excluding hydrogens is 370 g/mol. The Morgan fingerprint density at radius 1 is 0.897 bits per heavy atom. The summed E-state index contributed by atoms with van der Waals surface area (Å²) >= 11 is 0. The summed E-state index contributed by atoms with van der Waals surface area (Å²) in [7, 11) is 1.58. The minimum Gasteiger partial charge on any atom is -0.497 e. The number of benzene rings is 2. The average molecular weight is 393 g/mol. The molecule has 0 saturated heterocycles. The van der Waals surface area contributed by atoms with E-state index in [1.165, 1.54) is 22.5 Å². The maximum absolute atomic E-state index is 12.4. The SMILES string of the molecule is CCc1ccc(NC(=O)Cn2ccn(Cc3ccc(OC)cc3)c(=O)c2=O)cc1. The minimum absolute atomic E-state index is 0.229. The van der Waals surface area contributed by atoms with Gasteiger partial charge >= 0.3 is 11.1 Å². The Balaban J connectivity index is 1.70. The van der Waals surface area contributed by atoms with E-state index in [4.69, 9.17) is 4.74 Å². The monoisotopic (exact) mass is 393 g/mol. The Hall–Kier alpha value is -3.61. The molecule has 0 aliphatic rings. The number of carbonyl (C=O) groups is 1. The van der Waals surface area contributed by atoms with Crippen LogP contribution in [0.5, 0.6) is 5.75 Å². The largest absolute Gasteiger partial charge is 0.497 e. The lowest BCUT2D eigenvalue weighted by molar-refractivity contribution is -0.116. The number of aromatic nitrogens is 2. The molecule has 7 heteroatoms. The summed E-state index contributed by atoms with van der Waals surface area (Å²) in [5.74, 6) is 0.343. The first-order valence-corrected chi connectivity index (χ1v) is 9.31. The van der Waals surface area contributed by atoms with Crippen molar-refractivity contribution in [3.05, 3.63) is 92.8 Å². The molecule has 2 aromatic carbocycles. The predicted molar refractivity (Wildman–Crippen MR) is 112 cm³/mol. The lowest BCUT2D eigenvalue weighted by Gasteiger charge is -2.10. The molecule has 3 rings (SSSR count). The van der Waals surface area contributed by atoms with Crippen molar-refractivity contribution in [2.75, 3.05) is 12.4 Å². The Morgan fingerprint density at radius 2 is 1.48 bits per heavy atom. The standard InChI is InChI=1S/C22H23N3O4/c1-3-16-4-8-18(9-5-16)23-20(26)15-25-13-12-24(21(27)22(25)28)14-17-6-10-19(29-2)11-7-17/h4-13H,3,14-15H2,1-2H3,(H,23,26). The molecule has 0 saturated carbocycles. The second-order valence-corrected chi connectivity index (χ2v) is 6.61. The third-order valence-electron chi connectivity index (χ3n) is 4.60. The van der Waals surface area contributed by atoms with Gasteiger partial charge in [-0.05, 0) is 41.8 Å². The number of methoxy groups -OCH3 is 1. The zero-order valence-electron chi connectivity index (χ0n) is 16.4. The number of carbonyl (C=O) groups excluding carboxylic acids is 1. The van der Waals surface area contributed by atoms with Gasteiger partial charge in [-0.2, -0.15) is 0 Å². The van der Waals surface area contributed by atoms with E-state index in [9.17, 15) is 14.4 Å². The zero-order chi connectivity index (χ0) is 20.8. The molecule has 1 heterocycles. The van der Waals surface area contributed by atoms with Crippen LogP contribution in [0.15, 0.2) is 70.5 Å². The highest BCUT2D eigenvalue weighted by Gasteiger charge is 2.10. The zero-order valence-corrected chi connectivity index (χ0v) is 16.4. The minimum atomic E-state index is -0.738. The van der Waals surface area contributed by atoms with E-state index in [-0.39, 0.29) is 19.0 Å². The highest BCUT2D eigenvalue weighted by molar-refractivity contribution is 5.90. The lowest BCUT2D eigenvalue weighted by Crippen LogP contribution is -2.42. The van der Waals surface area contributed by atoms with Crippen molar-refractivity contribution in [2.24, 2.45) is 0 Å². The fourth-order valence-electron chi connectivity index (χ4n) is 2.90. The molecular formula is C22H23N3O4. The summed E-state index contributed by atoms with van der Waals surface area (Å²) in [6.07, 6.45) is 3.88. The third-order valence-corrected chi connectivity index (χ3v) is 4.60. The average Bonchev–Trinajstić information content (AvgIpc) is 2.74. The summed E-state index contributed by atoms with van der Waals surface area (Å²) in [5, 5.41) is 2.73. The van der Waals surface area contributed by atoms with E-state index >= 15 is 0 Å². The van der Waals surface area contributed by atoms with Gasteiger partial charge in [0.15, 0.2) is 0 Å². The van der Waals surface area contributed by atoms with Crippen LogP contribution >= 0.6 is 0 Å². The first kappa shape index (κ1) is 20.1. The number of hydrogen-bond acceptors (Lipinski definition) is 4. The van der Waals surface area contributed by atoms with Crippen LogP contribution in [-0.4, -0.2) is 22.2 Å². The number of nitrogens with zero attached hydrogens (tertiary/aromatic N) is 2. The van der Waals surface area contributed by atoms with Gasteiger partial charge in [0.05, 0.1) is 13.7 Å². The van der Waals surface area contributed by atoms with E-state index in [2.05, 4.69) is 12.2 Å². The molecule has 0 radical (unpaired) electrons. The molecule has 150 valence electrons. The van der Waals surface area contributed by atoms with Crippen molar-refractivity contribution in [3.8, 4) is 5.75 Å². The number of ether oxygens (including phenoxy) is 1. The van der Waals surface area contributed by atoms with Crippen LogP contribution in [0.3, 0.4) is 0 Å². The fourth-order valence-corrected chi connectivity index (χ4v) is 2.90. The van der Waals surface area contributed by atoms with E-state index in [1.54, 1.807) is 19.2 Å². The molecule has 1 aromatic heterocycles. The summed E-state index contributed by atoms with van der Waals surface area (Å²) in [4.78, 5) is 37.0. The molecule has 0 unspecified atom stereocenters. The van der Waals surface area contributed by atoms with Crippen LogP contribution in [0, 0.1) is 0 Å².